The SMILES string of the molecule is CCc1cc(CC)cc([SiH](CCl)c2ccc(C)cc2C)c1. The average molecular weight is 317 g/mol. The van der Waals surface area contributed by atoms with Gasteiger partial charge in [-0.3, -0.25) is 0 Å². The molecule has 1 unspecified atom stereocenters. The van der Waals surface area contributed by atoms with Crippen LogP contribution in [0.4, 0.5) is 0 Å². The molecule has 0 fully saturated rings. The van der Waals surface area contributed by atoms with Crippen molar-refractivity contribution < 1.29 is 0 Å². The fraction of sp³-hybridized carbons (Fsp3) is 0.368. The minimum Gasteiger partial charge on any atom is -0.130 e. The molecule has 2 aromatic carbocycles. The predicted molar refractivity (Wildman–Crippen MR) is 98.3 cm³/mol. The Labute approximate surface area is 135 Å². The topological polar surface area (TPSA) is 0 Å². The Morgan fingerprint density at radius 3 is 2.00 bits per heavy atom. The van der Waals surface area contributed by atoms with E-state index in [0.29, 0.717) is 0 Å². The van der Waals surface area contributed by atoms with Crippen molar-refractivity contribution >= 4 is 30.8 Å². The first kappa shape index (κ1) is 16.3. The summed E-state index contributed by atoms with van der Waals surface area (Å²) in [5.41, 5.74) is 6.37. The molecule has 112 valence electrons. The Kier molecular flexibility index (Phi) is 5.66. The van der Waals surface area contributed by atoms with Gasteiger partial charge in [0, 0.05) is 5.50 Å². The van der Waals surface area contributed by atoms with Crippen LogP contribution in [0.3, 0.4) is 0 Å². The van der Waals surface area contributed by atoms with Crippen molar-refractivity contribution in [1.29, 1.82) is 0 Å². The van der Waals surface area contributed by atoms with Crippen LogP contribution in [-0.2, 0) is 12.8 Å². The highest BCUT2D eigenvalue weighted by atomic mass is 35.5. The lowest BCUT2D eigenvalue weighted by molar-refractivity contribution is 1.09. The summed E-state index contributed by atoms with van der Waals surface area (Å²) in [4.78, 5) is 0. The monoisotopic (exact) mass is 316 g/mol. The molecule has 2 rings (SSSR count). The molecule has 1 atom stereocenters. The minimum absolute atomic E-state index is 0.764. The van der Waals surface area contributed by atoms with Crippen molar-refractivity contribution in [1.82, 2.24) is 0 Å². The second-order valence-corrected chi connectivity index (χ2v) is 9.49. The Hall–Kier alpha value is -1.05. The number of benzene rings is 2. The number of alkyl halides is 1. The number of halogens is 1. The quantitative estimate of drug-likeness (QED) is 0.584. The average Bonchev–Trinajstić information content (AvgIpc) is 2.49. The van der Waals surface area contributed by atoms with Crippen molar-refractivity contribution in [3.63, 3.8) is 0 Å². The van der Waals surface area contributed by atoms with E-state index in [0.717, 1.165) is 18.3 Å². The number of hydrogen-bond donors (Lipinski definition) is 0. The molecular weight excluding hydrogens is 292 g/mol. The summed E-state index contributed by atoms with van der Waals surface area (Å²) in [5.74, 6) is 0. The highest BCUT2D eigenvalue weighted by Gasteiger charge is 2.18. The molecule has 0 radical (unpaired) electrons. The van der Waals surface area contributed by atoms with Gasteiger partial charge in [0.15, 0.2) is 0 Å². The standard InChI is InChI=1S/C19H25ClSi/c1-5-16-10-17(6-2)12-18(11-16)21(13-20)19-8-7-14(3)9-15(19)4/h7-12,21H,5-6,13H2,1-4H3. The zero-order valence-electron chi connectivity index (χ0n) is 13.5. The highest BCUT2D eigenvalue weighted by Crippen LogP contribution is 2.09. The molecule has 0 heterocycles. The van der Waals surface area contributed by atoms with Crippen LogP contribution in [0.25, 0.3) is 0 Å². The van der Waals surface area contributed by atoms with Crippen molar-refractivity contribution in [3.05, 3.63) is 58.7 Å². The van der Waals surface area contributed by atoms with Crippen molar-refractivity contribution in [2.75, 3.05) is 5.50 Å². The molecule has 0 N–H and O–H groups in total. The van der Waals surface area contributed by atoms with E-state index in [9.17, 15) is 0 Å². The number of aryl methyl sites for hydroxylation is 4. The van der Waals surface area contributed by atoms with Gasteiger partial charge in [-0.05, 0) is 37.8 Å². The molecule has 0 saturated heterocycles. The van der Waals surface area contributed by atoms with Crippen LogP contribution in [0.5, 0.6) is 0 Å². The fourth-order valence-electron chi connectivity index (χ4n) is 2.97. The van der Waals surface area contributed by atoms with E-state index in [2.05, 4.69) is 64.1 Å². The predicted octanol–water partition coefficient (Wildman–Crippen LogP) is 3.55. The van der Waals surface area contributed by atoms with E-state index >= 15 is 0 Å². The van der Waals surface area contributed by atoms with E-state index in [1.54, 1.807) is 0 Å². The molecule has 0 aliphatic carbocycles. The fourth-order valence-corrected chi connectivity index (χ4v) is 6.50. The molecule has 2 heteroatoms. The molecule has 0 aliphatic heterocycles. The number of rotatable bonds is 5. The Balaban J connectivity index is 2.50. The molecule has 0 bridgehead atoms. The molecular formula is C19H25ClSi. The highest BCUT2D eigenvalue weighted by molar-refractivity contribution is 6.89. The van der Waals surface area contributed by atoms with E-state index < -0.39 is 8.80 Å². The van der Waals surface area contributed by atoms with Crippen molar-refractivity contribution in [2.45, 2.75) is 40.5 Å². The molecule has 0 nitrogen and oxygen atoms in total. The summed E-state index contributed by atoms with van der Waals surface area (Å²) < 4.78 is 0. The first-order chi connectivity index (χ1) is 10.1. The number of hydrogen-bond acceptors (Lipinski definition) is 0. The molecule has 2 aromatic rings. The van der Waals surface area contributed by atoms with Crippen LogP contribution in [0.1, 0.15) is 36.1 Å². The van der Waals surface area contributed by atoms with Crippen LogP contribution in [0.15, 0.2) is 36.4 Å². The van der Waals surface area contributed by atoms with Crippen LogP contribution in [0.2, 0.25) is 0 Å². The molecule has 21 heavy (non-hydrogen) atoms. The van der Waals surface area contributed by atoms with Gasteiger partial charge >= 0.3 is 0 Å². The van der Waals surface area contributed by atoms with Crippen molar-refractivity contribution in [2.24, 2.45) is 0 Å². The summed E-state index contributed by atoms with van der Waals surface area (Å²) in [6, 6.07) is 13.9. The maximum atomic E-state index is 6.40. The van der Waals surface area contributed by atoms with Gasteiger partial charge < -0.3 is 0 Å². The lowest BCUT2D eigenvalue weighted by Crippen LogP contribution is -2.45. The molecule has 0 saturated carbocycles. The summed E-state index contributed by atoms with van der Waals surface area (Å²) in [7, 11) is -1.31. The first-order valence-corrected chi connectivity index (χ1v) is 10.3. The second-order valence-electron chi connectivity index (χ2n) is 5.86. The zero-order chi connectivity index (χ0) is 15.4. The third-order valence-corrected chi connectivity index (χ3v) is 8.02. The summed E-state index contributed by atoms with van der Waals surface area (Å²) in [6.07, 6.45) is 2.19. The van der Waals surface area contributed by atoms with E-state index in [1.807, 2.05) is 0 Å². The van der Waals surface area contributed by atoms with Crippen LogP contribution in [0, 0.1) is 13.8 Å². The van der Waals surface area contributed by atoms with Crippen molar-refractivity contribution in [3.8, 4) is 0 Å². The lowest BCUT2D eigenvalue weighted by Gasteiger charge is -2.18. The van der Waals surface area contributed by atoms with Crippen LogP contribution >= 0.6 is 11.6 Å². The smallest absolute Gasteiger partial charge is 0.118 e. The lowest BCUT2D eigenvalue weighted by atomic mass is 10.1. The van der Waals surface area contributed by atoms with Gasteiger partial charge in [-0.15, -0.1) is 11.6 Å². The van der Waals surface area contributed by atoms with Gasteiger partial charge in [0.25, 0.3) is 0 Å². The van der Waals surface area contributed by atoms with Gasteiger partial charge in [-0.2, -0.15) is 0 Å². The van der Waals surface area contributed by atoms with Gasteiger partial charge in [-0.25, -0.2) is 0 Å². The summed E-state index contributed by atoms with van der Waals surface area (Å²) >= 11 is 6.40. The zero-order valence-corrected chi connectivity index (χ0v) is 15.5. The molecule has 0 aliphatic rings. The summed E-state index contributed by atoms with van der Waals surface area (Å²) in [5, 5.41) is 2.99. The maximum absolute atomic E-state index is 6.40. The first-order valence-electron chi connectivity index (χ1n) is 7.84. The second kappa shape index (κ2) is 7.28. The van der Waals surface area contributed by atoms with E-state index in [-0.39, 0.29) is 0 Å². The Bertz CT molecular complexity index is 597. The third kappa shape index (κ3) is 3.78. The van der Waals surface area contributed by atoms with Crippen LogP contribution < -0.4 is 10.4 Å². The molecule has 0 spiro atoms. The van der Waals surface area contributed by atoms with E-state index in [4.69, 9.17) is 11.6 Å². The summed E-state index contributed by atoms with van der Waals surface area (Å²) in [6.45, 7) is 8.83. The van der Waals surface area contributed by atoms with Gasteiger partial charge in [0.1, 0.15) is 8.80 Å². The maximum Gasteiger partial charge on any atom is 0.118 e. The third-order valence-electron chi connectivity index (χ3n) is 4.25. The molecule has 0 aromatic heterocycles. The van der Waals surface area contributed by atoms with Gasteiger partial charge in [-0.1, -0.05) is 71.7 Å². The Morgan fingerprint density at radius 2 is 1.52 bits per heavy atom. The largest absolute Gasteiger partial charge is 0.130 e. The minimum atomic E-state index is -1.31. The van der Waals surface area contributed by atoms with E-state index in [1.165, 1.54) is 32.6 Å². The van der Waals surface area contributed by atoms with Gasteiger partial charge in [0.05, 0.1) is 0 Å². The van der Waals surface area contributed by atoms with Crippen LogP contribution in [-0.4, -0.2) is 14.3 Å². The Morgan fingerprint density at radius 1 is 0.905 bits per heavy atom. The normalized spacial score (nSPS) is 12.4. The molecule has 0 amide bonds. The van der Waals surface area contributed by atoms with Gasteiger partial charge in [0.2, 0.25) is 0 Å².